The highest BCUT2D eigenvalue weighted by molar-refractivity contribution is 7.73. The summed E-state index contributed by atoms with van der Waals surface area (Å²) in [6.45, 7) is 0. The summed E-state index contributed by atoms with van der Waals surface area (Å²) in [5.41, 5.74) is 0. The van der Waals surface area contributed by atoms with Crippen molar-refractivity contribution in [3.8, 4) is 0 Å². The quantitative estimate of drug-likeness (QED) is 0.169. The van der Waals surface area contributed by atoms with Crippen LogP contribution in [-0.4, -0.2) is 18.5 Å². The lowest BCUT2D eigenvalue weighted by Gasteiger charge is -2.17. The van der Waals surface area contributed by atoms with Gasteiger partial charge in [0.1, 0.15) is 0 Å². The average molecular weight is 480 g/mol. The number of benzene rings is 4. The minimum Gasteiger partial charge on any atom is -0.269 e. The van der Waals surface area contributed by atoms with Gasteiger partial charge in [0.05, 0.1) is 0 Å². The van der Waals surface area contributed by atoms with Gasteiger partial charge < -0.3 is 0 Å². The lowest BCUT2D eigenvalue weighted by Crippen LogP contribution is -2.14. The lowest BCUT2D eigenvalue weighted by molar-refractivity contribution is 1.22. The molecular weight excluding hydrogens is 448 g/mol. The second kappa shape index (κ2) is 13.8. The van der Waals surface area contributed by atoms with Crippen LogP contribution in [0.2, 0.25) is 0 Å². The van der Waals surface area contributed by atoms with Crippen LogP contribution in [0.15, 0.2) is 139 Å². The van der Waals surface area contributed by atoms with Crippen molar-refractivity contribution >= 4 is 43.3 Å². The standard InChI is InChI=1S/C31H31NP2/c1-5-16-28(17-6-1)33(29-18-7-2-8-19-29)26-14-13-24-32-25-15-27-34(30-20-9-3-10-21-30)31-22-11-4-12-23-31/h1-13,16-25H,14-15,26-27H2. The van der Waals surface area contributed by atoms with Crippen LogP contribution in [0.4, 0.5) is 0 Å². The highest BCUT2D eigenvalue weighted by Crippen LogP contribution is 2.35. The number of aliphatic imine (C=N–C) groups is 1. The predicted molar refractivity (Wildman–Crippen MR) is 155 cm³/mol. The van der Waals surface area contributed by atoms with Crippen LogP contribution in [0.3, 0.4) is 0 Å². The molecule has 0 amide bonds. The molecule has 0 fully saturated rings. The molecule has 0 saturated heterocycles. The normalized spacial score (nSPS) is 11.7. The van der Waals surface area contributed by atoms with Crippen molar-refractivity contribution in [2.45, 2.75) is 12.8 Å². The molecule has 1 nitrogen and oxygen atoms in total. The van der Waals surface area contributed by atoms with Crippen molar-refractivity contribution in [3.63, 3.8) is 0 Å². The van der Waals surface area contributed by atoms with Crippen molar-refractivity contribution < 1.29 is 0 Å². The Kier molecular flexibility index (Phi) is 9.83. The van der Waals surface area contributed by atoms with Crippen LogP contribution >= 0.6 is 15.8 Å². The molecule has 0 aliphatic rings. The van der Waals surface area contributed by atoms with Crippen molar-refractivity contribution in [1.82, 2.24) is 0 Å². The molecule has 0 radical (unpaired) electrons. The first-order valence-electron chi connectivity index (χ1n) is 11.8. The van der Waals surface area contributed by atoms with Gasteiger partial charge in [0.15, 0.2) is 0 Å². The Morgan fingerprint density at radius 3 is 1.21 bits per heavy atom. The molecule has 0 atom stereocenters. The monoisotopic (exact) mass is 479 g/mol. The Morgan fingerprint density at radius 2 is 0.824 bits per heavy atom. The number of rotatable bonds is 11. The van der Waals surface area contributed by atoms with E-state index in [1.54, 1.807) is 0 Å². The summed E-state index contributed by atoms with van der Waals surface area (Å²) >= 11 is 0. The SMILES string of the molecule is C(=CN=CCCP(c1ccccc1)c1ccccc1)CCP(c1ccccc1)c1ccccc1. The molecular formula is C31H31NP2. The van der Waals surface area contributed by atoms with Crippen LogP contribution in [0, 0.1) is 0 Å². The van der Waals surface area contributed by atoms with Gasteiger partial charge in [-0.2, -0.15) is 0 Å². The first kappa shape index (κ1) is 24.3. The maximum atomic E-state index is 4.59. The Hall–Kier alpha value is -2.85. The van der Waals surface area contributed by atoms with Gasteiger partial charge in [0, 0.05) is 12.4 Å². The second-order valence-corrected chi connectivity index (χ2v) is 12.6. The zero-order valence-electron chi connectivity index (χ0n) is 19.4. The van der Waals surface area contributed by atoms with Crippen molar-refractivity contribution in [2.75, 3.05) is 12.3 Å². The number of hydrogen-bond acceptors (Lipinski definition) is 1. The first-order chi connectivity index (χ1) is 16.9. The summed E-state index contributed by atoms with van der Waals surface area (Å²) in [6.07, 6.45) is 10.6. The van der Waals surface area contributed by atoms with Gasteiger partial charge in [0.25, 0.3) is 0 Å². The van der Waals surface area contributed by atoms with Gasteiger partial charge in [-0.1, -0.05) is 127 Å². The summed E-state index contributed by atoms with van der Waals surface area (Å²) in [5.74, 6) is 0. The molecule has 0 aromatic heterocycles. The summed E-state index contributed by atoms with van der Waals surface area (Å²) in [4.78, 5) is 4.59. The minimum absolute atomic E-state index is 0.339. The van der Waals surface area contributed by atoms with E-state index in [2.05, 4.69) is 139 Å². The molecule has 0 aliphatic heterocycles. The van der Waals surface area contributed by atoms with E-state index in [1.807, 2.05) is 6.20 Å². The summed E-state index contributed by atoms with van der Waals surface area (Å²) in [6, 6.07) is 43.6. The van der Waals surface area contributed by atoms with E-state index in [0.29, 0.717) is 0 Å². The molecule has 170 valence electrons. The molecule has 0 aliphatic carbocycles. The van der Waals surface area contributed by atoms with E-state index in [1.165, 1.54) is 21.2 Å². The van der Waals surface area contributed by atoms with E-state index in [-0.39, 0.29) is 15.8 Å². The number of nitrogens with zero attached hydrogens (tertiary/aromatic N) is 1. The molecule has 3 heteroatoms. The Balaban J connectivity index is 1.31. The smallest absolute Gasteiger partial charge is 0.0224 e. The van der Waals surface area contributed by atoms with Crippen molar-refractivity contribution in [2.24, 2.45) is 4.99 Å². The number of allylic oxidation sites excluding steroid dienone is 1. The highest BCUT2D eigenvalue weighted by Gasteiger charge is 2.13. The van der Waals surface area contributed by atoms with Gasteiger partial charge in [-0.15, -0.1) is 0 Å². The van der Waals surface area contributed by atoms with Gasteiger partial charge in [0.2, 0.25) is 0 Å². The molecule has 34 heavy (non-hydrogen) atoms. The minimum atomic E-state index is -0.351. The topological polar surface area (TPSA) is 12.4 Å². The van der Waals surface area contributed by atoms with Crippen LogP contribution in [0.25, 0.3) is 0 Å². The lowest BCUT2D eigenvalue weighted by atomic mass is 10.4. The maximum absolute atomic E-state index is 4.59. The first-order valence-corrected chi connectivity index (χ1v) is 14.9. The Labute approximate surface area is 206 Å². The van der Waals surface area contributed by atoms with E-state index in [9.17, 15) is 0 Å². The Morgan fingerprint density at radius 1 is 0.471 bits per heavy atom. The third-order valence-electron chi connectivity index (χ3n) is 5.57. The van der Waals surface area contributed by atoms with E-state index in [4.69, 9.17) is 0 Å². The fourth-order valence-electron chi connectivity index (χ4n) is 3.91. The van der Waals surface area contributed by atoms with Crippen LogP contribution < -0.4 is 21.2 Å². The molecule has 0 bridgehead atoms. The van der Waals surface area contributed by atoms with E-state index < -0.39 is 0 Å². The van der Waals surface area contributed by atoms with Gasteiger partial charge >= 0.3 is 0 Å². The molecule has 4 rings (SSSR count). The van der Waals surface area contributed by atoms with Gasteiger partial charge in [-0.3, -0.25) is 4.99 Å². The summed E-state index contributed by atoms with van der Waals surface area (Å²) < 4.78 is 0. The fraction of sp³-hybridized carbons (Fsp3) is 0.129. The molecule has 0 unspecified atom stereocenters. The summed E-state index contributed by atoms with van der Waals surface area (Å²) in [5, 5.41) is 5.75. The average Bonchev–Trinajstić information content (AvgIpc) is 2.92. The zero-order chi connectivity index (χ0) is 23.3. The van der Waals surface area contributed by atoms with Crippen LogP contribution in [0.5, 0.6) is 0 Å². The number of hydrogen-bond donors (Lipinski definition) is 0. The molecule has 0 N–H and O–H groups in total. The second-order valence-electron chi connectivity index (χ2n) is 7.94. The molecule has 0 saturated carbocycles. The van der Waals surface area contributed by atoms with Crippen LogP contribution in [0.1, 0.15) is 12.8 Å². The third-order valence-corrected chi connectivity index (χ3v) is 10.7. The molecule has 0 heterocycles. The largest absolute Gasteiger partial charge is 0.269 e. The molecule has 4 aromatic rings. The zero-order valence-corrected chi connectivity index (χ0v) is 21.2. The fourth-order valence-corrected chi connectivity index (χ4v) is 8.45. The van der Waals surface area contributed by atoms with Crippen molar-refractivity contribution in [1.29, 1.82) is 0 Å². The van der Waals surface area contributed by atoms with Crippen molar-refractivity contribution in [3.05, 3.63) is 134 Å². The Bertz CT molecular complexity index is 969. The van der Waals surface area contributed by atoms with Gasteiger partial charge in [-0.05, 0) is 62.2 Å². The molecule has 0 spiro atoms. The van der Waals surface area contributed by atoms with E-state index >= 15 is 0 Å². The third kappa shape index (κ3) is 7.33. The summed E-state index contributed by atoms with van der Waals surface area (Å²) in [7, 11) is -0.691. The van der Waals surface area contributed by atoms with Crippen LogP contribution in [-0.2, 0) is 0 Å². The maximum Gasteiger partial charge on any atom is 0.0224 e. The molecule has 4 aromatic carbocycles. The van der Waals surface area contributed by atoms with Gasteiger partial charge in [-0.25, -0.2) is 0 Å². The predicted octanol–water partition coefficient (Wildman–Crippen LogP) is 6.62. The van der Waals surface area contributed by atoms with E-state index in [0.717, 1.165) is 25.2 Å². The highest BCUT2D eigenvalue weighted by atomic mass is 31.1.